The lowest BCUT2D eigenvalue weighted by Crippen LogP contribution is -1.98. The molecule has 3 N–H and O–H groups in total. The summed E-state index contributed by atoms with van der Waals surface area (Å²) in [6.45, 7) is 0. The van der Waals surface area contributed by atoms with Crippen LogP contribution in [-0.4, -0.2) is 10.1 Å². The Labute approximate surface area is 106 Å². The average Bonchev–Trinajstić information content (AvgIpc) is 2.68. The van der Waals surface area contributed by atoms with E-state index in [1.807, 2.05) is 0 Å². The second-order valence-corrected chi connectivity index (χ2v) is 5.03. The molecule has 2 rings (SSSR count). The van der Waals surface area contributed by atoms with Gasteiger partial charge in [-0.3, -0.25) is 0 Å². The molecule has 1 atom stereocenters. The van der Waals surface area contributed by atoms with E-state index in [4.69, 9.17) is 28.9 Å². The van der Waals surface area contributed by atoms with Gasteiger partial charge in [-0.15, -0.1) is 0 Å². The third-order valence-electron chi connectivity index (χ3n) is 2.09. The van der Waals surface area contributed by atoms with Crippen molar-refractivity contribution in [2.24, 2.45) is 0 Å². The second kappa shape index (κ2) is 4.59. The van der Waals surface area contributed by atoms with E-state index in [0.717, 1.165) is 0 Å². The zero-order valence-corrected chi connectivity index (χ0v) is 10.4. The minimum Gasteiger partial charge on any atom is -0.383 e. The van der Waals surface area contributed by atoms with Gasteiger partial charge in [-0.05, 0) is 6.07 Å². The zero-order valence-electron chi connectivity index (χ0n) is 8.02. The van der Waals surface area contributed by atoms with E-state index in [9.17, 15) is 5.11 Å². The van der Waals surface area contributed by atoms with Gasteiger partial charge < -0.3 is 10.8 Å². The van der Waals surface area contributed by atoms with Crippen molar-refractivity contribution >= 4 is 39.7 Å². The van der Waals surface area contributed by atoms with E-state index >= 15 is 0 Å². The quantitative estimate of drug-likeness (QED) is 0.885. The number of rotatable bonds is 2. The Morgan fingerprint density at radius 1 is 1.38 bits per heavy atom. The minimum absolute atomic E-state index is 0.351. The lowest BCUT2D eigenvalue weighted by molar-refractivity contribution is 0.224. The number of anilines is 1. The van der Waals surface area contributed by atoms with Gasteiger partial charge in [-0.1, -0.05) is 46.7 Å². The maximum Gasteiger partial charge on any atom is 0.180 e. The number of nitrogen functional groups attached to an aromatic ring is 1. The van der Waals surface area contributed by atoms with Crippen LogP contribution in [0.1, 0.15) is 16.5 Å². The average molecular weight is 275 g/mol. The van der Waals surface area contributed by atoms with Gasteiger partial charge in [0.25, 0.3) is 0 Å². The highest BCUT2D eigenvalue weighted by atomic mass is 35.5. The van der Waals surface area contributed by atoms with Crippen LogP contribution in [0.4, 0.5) is 5.13 Å². The number of nitrogens with zero attached hydrogens (tertiary/aromatic N) is 1. The van der Waals surface area contributed by atoms with Crippen molar-refractivity contribution in [2.75, 3.05) is 5.73 Å². The smallest absolute Gasteiger partial charge is 0.180 e. The topological polar surface area (TPSA) is 59.1 Å². The molecular formula is C10H8Cl2N2OS. The van der Waals surface area contributed by atoms with Gasteiger partial charge >= 0.3 is 0 Å². The number of thiazole rings is 1. The molecule has 1 aromatic carbocycles. The van der Waals surface area contributed by atoms with Crippen molar-refractivity contribution in [1.29, 1.82) is 0 Å². The molecule has 0 aliphatic rings. The van der Waals surface area contributed by atoms with Crippen LogP contribution in [0.15, 0.2) is 24.4 Å². The third-order valence-corrected chi connectivity index (χ3v) is 3.80. The van der Waals surface area contributed by atoms with Crippen LogP contribution in [0.2, 0.25) is 10.0 Å². The van der Waals surface area contributed by atoms with Crippen LogP contribution in [0.5, 0.6) is 0 Å². The van der Waals surface area contributed by atoms with Gasteiger partial charge in [0.1, 0.15) is 6.10 Å². The molecule has 0 saturated heterocycles. The molecule has 84 valence electrons. The summed E-state index contributed by atoms with van der Waals surface area (Å²) in [6, 6.07) is 5.12. The first-order chi connectivity index (χ1) is 7.59. The maximum absolute atomic E-state index is 10.1. The fourth-order valence-corrected chi connectivity index (χ4v) is 2.41. The Kier molecular flexibility index (Phi) is 3.35. The lowest BCUT2D eigenvalue weighted by atomic mass is 10.1. The molecule has 0 spiro atoms. The van der Waals surface area contributed by atoms with E-state index in [-0.39, 0.29) is 0 Å². The van der Waals surface area contributed by atoms with Gasteiger partial charge in [-0.2, -0.15) is 0 Å². The van der Waals surface area contributed by atoms with Gasteiger partial charge in [0.05, 0.1) is 14.9 Å². The largest absolute Gasteiger partial charge is 0.383 e. The molecule has 0 radical (unpaired) electrons. The molecular weight excluding hydrogens is 267 g/mol. The fourth-order valence-electron chi connectivity index (χ4n) is 1.31. The summed E-state index contributed by atoms with van der Waals surface area (Å²) in [5, 5.41) is 11.3. The number of hydrogen-bond acceptors (Lipinski definition) is 4. The zero-order chi connectivity index (χ0) is 11.7. The SMILES string of the molecule is Nc1ncc(C(O)c2cccc(Cl)c2Cl)s1. The molecule has 1 aromatic heterocycles. The molecule has 0 bridgehead atoms. The lowest BCUT2D eigenvalue weighted by Gasteiger charge is -2.10. The van der Waals surface area contributed by atoms with Crippen LogP contribution in [0.3, 0.4) is 0 Å². The van der Waals surface area contributed by atoms with E-state index in [1.165, 1.54) is 17.5 Å². The summed E-state index contributed by atoms with van der Waals surface area (Å²) in [4.78, 5) is 4.52. The highest BCUT2D eigenvalue weighted by Crippen LogP contribution is 2.35. The van der Waals surface area contributed by atoms with Crippen LogP contribution in [0, 0.1) is 0 Å². The Hall–Kier alpha value is -0.810. The molecule has 0 saturated carbocycles. The van der Waals surface area contributed by atoms with E-state index < -0.39 is 6.10 Å². The molecule has 0 aliphatic heterocycles. The maximum atomic E-state index is 10.1. The van der Waals surface area contributed by atoms with Crippen molar-refractivity contribution in [3.8, 4) is 0 Å². The highest BCUT2D eigenvalue weighted by molar-refractivity contribution is 7.15. The number of aromatic nitrogens is 1. The van der Waals surface area contributed by atoms with Crippen molar-refractivity contribution < 1.29 is 5.11 Å². The second-order valence-electron chi connectivity index (χ2n) is 3.15. The van der Waals surface area contributed by atoms with Crippen LogP contribution in [0.25, 0.3) is 0 Å². The number of nitrogens with two attached hydrogens (primary N) is 1. The molecule has 0 aliphatic carbocycles. The van der Waals surface area contributed by atoms with Crippen molar-refractivity contribution in [3.05, 3.63) is 44.9 Å². The van der Waals surface area contributed by atoms with Crippen LogP contribution >= 0.6 is 34.5 Å². The highest BCUT2D eigenvalue weighted by Gasteiger charge is 2.17. The first-order valence-corrected chi connectivity index (χ1v) is 6.00. The van der Waals surface area contributed by atoms with Gasteiger partial charge in [0, 0.05) is 11.8 Å². The molecule has 1 heterocycles. The molecule has 0 amide bonds. The van der Waals surface area contributed by atoms with Gasteiger partial charge in [0.2, 0.25) is 0 Å². The van der Waals surface area contributed by atoms with Crippen molar-refractivity contribution in [3.63, 3.8) is 0 Å². The minimum atomic E-state index is -0.846. The molecule has 3 nitrogen and oxygen atoms in total. The van der Waals surface area contributed by atoms with E-state index in [0.29, 0.717) is 25.6 Å². The van der Waals surface area contributed by atoms with Crippen LogP contribution < -0.4 is 5.73 Å². The monoisotopic (exact) mass is 274 g/mol. The van der Waals surface area contributed by atoms with Gasteiger partial charge in [0.15, 0.2) is 5.13 Å². The molecule has 16 heavy (non-hydrogen) atoms. The Balaban J connectivity index is 2.41. The molecule has 1 unspecified atom stereocenters. The Morgan fingerprint density at radius 3 is 2.75 bits per heavy atom. The first kappa shape index (κ1) is 11.7. The standard InChI is InChI=1S/C10H8Cl2N2OS/c11-6-3-1-2-5(8(6)12)9(15)7-4-14-10(13)16-7/h1-4,9,15H,(H2,13,14). The Morgan fingerprint density at radius 2 is 2.12 bits per heavy atom. The number of halogens is 2. The normalized spacial score (nSPS) is 12.7. The molecule has 0 fully saturated rings. The summed E-state index contributed by atoms with van der Waals surface area (Å²) in [7, 11) is 0. The van der Waals surface area contributed by atoms with E-state index in [2.05, 4.69) is 4.98 Å². The summed E-state index contributed by atoms with van der Waals surface area (Å²) in [6.07, 6.45) is 0.683. The number of benzene rings is 1. The van der Waals surface area contributed by atoms with Crippen molar-refractivity contribution in [2.45, 2.75) is 6.10 Å². The number of aliphatic hydroxyl groups is 1. The van der Waals surface area contributed by atoms with Gasteiger partial charge in [-0.25, -0.2) is 4.98 Å². The van der Waals surface area contributed by atoms with Crippen molar-refractivity contribution in [1.82, 2.24) is 4.98 Å². The summed E-state index contributed by atoms with van der Waals surface area (Å²) in [5.41, 5.74) is 6.05. The molecule has 2 aromatic rings. The summed E-state index contributed by atoms with van der Waals surface area (Å²) in [5.74, 6) is 0. The first-order valence-electron chi connectivity index (χ1n) is 4.42. The van der Waals surface area contributed by atoms with Crippen LogP contribution in [-0.2, 0) is 0 Å². The summed E-state index contributed by atoms with van der Waals surface area (Å²) >= 11 is 13.1. The predicted molar refractivity (Wildman–Crippen MR) is 67.1 cm³/mol. The number of hydrogen-bond donors (Lipinski definition) is 2. The van der Waals surface area contributed by atoms with E-state index in [1.54, 1.807) is 18.2 Å². The number of aliphatic hydroxyl groups excluding tert-OH is 1. The Bertz CT molecular complexity index is 515. The third kappa shape index (κ3) is 2.15. The summed E-state index contributed by atoms with van der Waals surface area (Å²) < 4.78 is 0. The fraction of sp³-hybridized carbons (Fsp3) is 0.100. The predicted octanol–water partition coefficient (Wildman–Crippen LogP) is 3.11. The molecule has 6 heteroatoms.